The number of likely N-dealkylation sites (N-methyl/N-ethyl adjacent to an activating group) is 7. The fourth-order valence-corrected chi connectivity index (χ4v) is 16.3. The first-order valence-corrected chi connectivity index (χ1v) is 37.8. The number of ether oxygens (including phenoxy) is 1. The minimum atomic E-state index is -5.44. The van der Waals surface area contributed by atoms with Gasteiger partial charge in [-0.1, -0.05) is 64.5 Å². The van der Waals surface area contributed by atoms with Gasteiger partial charge in [-0.2, -0.15) is 13.2 Å². The third-order valence-electron chi connectivity index (χ3n) is 23.5. The minimum absolute atomic E-state index is 0.00546. The Bertz CT molecular complexity index is 3440. The van der Waals surface area contributed by atoms with Crippen molar-refractivity contribution in [2.24, 2.45) is 23.7 Å². The Labute approximate surface area is 622 Å². The van der Waals surface area contributed by atoms with Crippen LogP contribution in [0.3, 0.4) is 0 Å². The van der Waals surface area contributed by atoms with Crippen molar-refractivity contribution in [3.8, 4) is 0 Å². The number of nitrogens with one attached hydrogen (secondary N) is 3. The molecule has 32 heteroatoms. The van der Waals surface area contributed by atoms with Gasteiger partial charge in [-0.05, 0) is 132 Å². The molecule has 2 saturated heterocycles. The average molecular weight is 1520 g/mol. The van der Waals surface area contributed by atoms with Crippen LogP contribution in [0.4, 0.5) is 30.7 Å². The van der Waals surface area contributed by atoms with Gasteiger partial charge in [0.2, 0.25) is 76.8 Å². The van der Waals surface area contributed by atoms with E-state index in [0.717, 1.165) is 43.8 Å². The molecule has 12 amide bonds. The summed E-state index contributed by atoms with van der Waals surface area (Å²) in [6, 6.07) is -10.4. The quantitative estimate of drug-likeness (QED) is 0.155. The van der Waals surface area contributed by atoms with Gasteiger partial charge in [0.05, 0.1) is 25.6 Å². The molecular formula is C75H109F7N12O13. The van der Waals surface area contributed by atoms with Crippen LogP contribution in [0.15, 0.2) is 24.3 Å². The lowest BCUT2D eigenvalue weighted by atomic mass is 9.74. The number of hydrogen-bond acceptors (Lipinski definition) is 13. The van der Waals surface area contributed by atoms with Crippen LogP contribution in [0.25, 0.3) is 0 Å². The van der Waals surface area contributed by atoms with Gasteiger partial charge in [-0.3, -0.25) is 57.5 Å². The molecule has 1 aromatic carbocycles. The summed E-state index contributed by atoms with van der Waals surface area (Å²) >= 11 is 0. The molecule has 1 spiro atoms. The third-order valence-corrected chi connectivity index (χ3v) is 23.5. The number of fused-ring (bicyclic) bond motifs is 3. The van der Waals surface area contributed by atoms with Gasteiger partial charge in [-0.15, -0.1) is 0 Å². The van der Waals surface area contributed by atoms with Crippen molar-refractivity contribution < 1.29 is 93.0 Å². The molecule has 0 unspecified atom stereocenters. The molecule has 596 valence electrons. The third kappa shape index (κ3) is 20.1. The number of benzene rings is 1. The standard InChI is InChI=1S/C75H109F7N12O13/c1-12-44(3)62-70(104)88(7)43-60(97)89(8)53-25-15-14-18-34-93(69(53)103)57(38-46-28-32-74(78,79)33-29-46)68(102)87(6)42-58(95)83-52(27-26-47-35-50(76)61(51(77)36-47)75(80,81)82)66(100)94-41-49(107-13-2)39-55(94)65(99)85-73(30-20-31-73)72(106)92(11)63(48-23-16-17-24-48)71(105)91(10)56(67(101)86(4)5)40-59(96)90(9)54(64(98)84-62)37-45-21-19-22-45/h14-15,35-36,44-46,48-49,52-57,62-63H,12-13,16-34,37-43H2,1-11H3,(H,83,95)(H,84,98)(H,85,99)/b15-14-/t44-,49+,52+,53-,54-,55-,56-,57-,62-,63-/m0/s1. The molecule has 25 nitrogen and oxygen atoms in total. The Morgan fingerprint density at radius 1 is 0.664 bits per heavy atom. The van der Waals surface area contributed by atoms with Crippen LogP contribution in [0.2, 0.25) is 0 Å². The van der Waals surface area contributed by atoms with E-state index in [4.69, 9.17) is 4.74 Å². The maximum atomic E-state index is 15.5. The van der Waals surface area contributed by atoms with Crippen LogP contribution in [0.1, 0.15) is 173 Å². The Morgan fingerprint density at radius 3 is 1.85 bits per heavy atom. The zero-order valence-electron chi connectivity index (χ0n) is 63.6. The molecule has 0 aromatic heterocycles. The molecule has 6 fully saturated rings. The van der Waals surface area contributed by atoms with Gasteiger partial charge in [0.1, 0.15) is 71.1 Å². The first kappa shape index (κ1) is 84.7. The molecule has 1 aromatic rings. The van der Waals surface area contributed by atoms with Gasteiger partial charge < -0.3 is 64.8 Å². The lowest BCUT2D eigenvalue weighted by Crippen LogP contribution is -2.68. The van der Waals surface area contributed by atoms with E-state index in [9.17, 15) is 41.1 Å². The number of aryl methyl sites for hydroxylation is 1. The molecule has 0 radical (unpaired) electrons. The van der Waals surface area contributed by atoms with Gasteiger partial charge in [-0.25, -0.2) is 17.6 Å². The van der Waals surface area contributed by atoms with Crippen molar-refractivity contribution in [1.82, 2.24) is 60.0 Å². The van der Waals surface area contributed by atoms with Crippen molar-refractivity contribution in [3.05, 3.63) is 47.0 Å². The molecule has 2 bridgehead atoms. The molecule has 7 aliphatic rings. The lowest BCUT2D eigenvalue weighted by molar-refractivity contribution is -0.158. The minimum Gasteiger partial charge on any atom is -0.377 e. The summed E-state index contributed by atoms with van der Waals surface area (Å²) < 4.78 is 108. The van der Waals surface area contributed by atoms with Crippen LogP contribution in [0.5, 0.6) is 0 Å². The molecule has 8 rings (SSSR count). The first-order valence-electron chi connectivity index (χ1n) is 37.8. The van der Waals surface area contributed by atoms with E-state index in [-0.39, 0.29) is 89.0 Å². The van der Waals surface area contributed by atoms with Crippen LogP contribution in [-0.2, 0) is 74.9 Å². The van der Waals surface area contributed by atoms with Crippen LogP contribution in [-0.4, -0.2) is 270 Å². The smallest absolute Gasteiger partial charge is 0.377 e. The van der Waals surface area contributed by atoms with E-state index in [1.807, 2.05) is 0 Å². The van der Waals surface area contributed by atoms with Crippen molar-refractivity contribution in [2.75, 3.05) is 89.2 Å². The fourth-order valence-electron chi connectivity index (χ4n) is 16.3. The van der Waals surface area contributed by atoms with Gasteiger partial charge >= 0.3 is 6.18 Å². The maximum absolute atomic E-state index is 15.5. The van der Waals surface area contributed by atoms with Crippen molar-refractivity contribution in [1.29, 1.82) is 0 Å². The predicted molar refractivity (Wildman–Crippen MR) is 377 cm³/mol. The second-order valence-corrected chi connectivity index (χ2v) is 31.1. The van der Waals surface area contributed by atoms with E-state index in [1.54, 1.807) is 32.9 Å². The topological polar surface area (TPSA) is 279 Å². The summed E-state index contributed by atoms with van der Waals surface area (Å²) in [7, 11) is 11.0. The molecule has 3 heterocycles. The van der Waals surface area contributed by atoms with E-state index in [2.05, 4.69) is 16.0 Å². The van der Waals surface area contributed by atoms with E-state index < -0.39 is 223 Å². The number of carbonyl (C=O) groups excluding carboxylic acids is 12. The molecule has 10 atom stereocenters. The molecule has 3 aliphatic heterocycles. The molecule has 3 N–H and O–H groups in total. The number of nitrogens with zero attached hydrogens (tertiary/aromatic N) is 9. The number of carbonyl (C=O) groups is 12. The summed E-state index contributed by atoms with van der Waals surface area (Å²) in [5.74, 6) is -17.9. The first-order chi connectivity index (χ1) is 50.3. The summed E-state index contributed by atoms with van der Waals surface area (Å²) in [4.78, 5) is 191. The number of hydrogen-bond donors (Lipinski definition) is 3. The number of rotatable bonds is 13. The van der Waals surface area contributed by atoms with Crippen molar-refractivity contribution >= 4 is 70.9 Å². The van der Waals surface area contributed by atoms with Crippen LogP contribution in [0, 0.1) is 35.3 Å². The normalized spacial score (nSPS) is 28.4. The average Bonchev–Trinajstić information content (AvgIpc) is 1.69. The summed E-state index contributed by atoms with van der Waals surface area (Å²) in [6.07, 6.45) is -0.377. The van der Waals surface area contributed by atoms with Gasteiger partial charge in [0, 0.05) is 95.3 Å². The number of amides is 12. The Balaban J connectivity index is 1.21. The summed E-state index contributed by atoms with van der Waals surface area (Å²) in [6.45, 7) is 3.30. The monoisotopic (exact) mass is 1520 g/mol. The summed E-state index contributed by atoms with van der Waals surface area (Å²) in [5.41, 5.74) is -4.23. The van der Waals surface area contributed by atoms with E-state index in [1.165, 1.54) is 76.0 Å². The van der Waals surface area contributed by atoms with E-state index >= 15 is 47.1 Å². The SMILES string of the molecule is CCO[C@@H]1C[C@H]2C(=O)NC3(CCC3)C(=O)N(C)[C@@H](C3CCCC3)C(=O)N(C)[C@H](C(=O)N(C)C)CC(=O)N(C)[C@@H](CC3CCC3)C(=O)N[C@@H]([C@@H](C)CC)C(=O)N(C)CC(=O)N(C)[C@H]3C/C=C\CCN(C3=O)[C@@H](CC3CCC(F)(F)CC3)C(=O)N(C)CC(=O)N[C@H](CCc3cc(F)c(C(F)(F)F)c(F)c3)C(=O)N2C1. The van der Waals surface area contributed by atoms with Crippen molar-refractivity contribution in [2.45, 2.75) is 241 Å². The molecular weight excluding hydrogens is 1410 g/mol. The highest BCUT2D eigenvalue weighted by molar-refractivity contribution is 6.01. The highest BCUT2D eigenvalue weighted by atomic mass is 19.4. The van der Waals surface area contributed by atoms with Crippen molar-refractivity contribution in [3.63, 3.8) is 0 Å². The predicted octanol–water partition coefficient (Wildman–Crippen LogP) is 5.84. The highest BCUT2D eigenvalue weighted by Gasteiger charge is 2.54. The summed E-state index contributed by atoms with van der Waals surface area (Å²) in [5, 5.41) is 8.41. The van der Waals surface area contributed by atoms with E-state index in [0.29, 0.717) is 50.7 Å². The zero-order chi connectivity index (χ0) is 78.9. The molecule has 4 saturated carbocycles. The molecule has 107 heavy (non-hydrogen) atoms. The Morgan fingerprint density at radius 2 is 1.28 bits per heavy atom. The molecule has 4 aliphatic carbocycles. The second kappa shape index (κ2) is 36.1. The van der Waals surface area contributed by atoms with Crippen LogP contribution < -0.4 is 16.0 Å². The van der Waals surface area contributed by atoms with Gasteiger partial charge in [0.15, 0.2) is 0 Å². The fraction of sp³-hybridized carbons (Fsp3) is 0.733. The Kier molecular flexibility index (Phi) is 28.5. The largest absolute Gasteiger partial charge is 0.422 e. The number of alkyl halides is 5. The second-order valence-electron chi connectivity index (χ2n) is 31.1. The number of halogens is 7. The maximum Gasteiger partial charge on any atom is 0.422 e. The van der Waals surface area contributed by atoms with Gasteiger partial charge in [0.25, 0.3) is 0 Å². The lowest BCUT2D eigenvalue weighted by Gasteiger charge is -2.46. The highest BCUT2D eigenvalue weighted by Crippen LogP contribution is 2.42. The van der Waals surface area contributed by atoms with Crippen LogP contribution >= 0.6 is 0 Å². The zero-order valence-corrected chi connectivity index (χ0v) is 63.6. The Hall–Kier alpha value is -7.93.